The molecule has 2 unspecified atom stereocenters. The van der Waals surface area contributed by atoms with Gasteiger partial charge in [0.2, 0.25) is 0 Å². The summed E-state index contributed by atoms with van der Waals surface area (Å²) in [6.45, 7) is 9.52. The van der Waals surface area contributed by atoms with E-state index in [1.807, 2.05) is 0 Å². The second-order valence-corrected chi connectivity index (χ2v) is 5.29. The van der Waals surface area contributed by atoms with Crippen LogP contribution in [0.1, 0.15) is 59.8 Å². The average Bonchev–Trinajstić information content (AvgIpc) is 2.88. The Balaban J connectivity index is 2.22. The summed E-state index contributed by atoms with van der Waals surface area (Å²) in [4.78, 5) is 0. The summed E-state index contributed by atoms with van der Waals surface area (Å²) >= 11 is 0. The summed E-state index contributed by atoms with van der Waals surface area (Å²) in [5.74, 6) is 3.89. The third-order valence-corrected chi connectivity index (χ3v) is 3.96. The first-order valence-electron chi connectivity index (χ1n) is 6.15. The highest BCUT2D eigenvalue weighted by molar-refractivity contribution is 4.76. The largest absolute Gasteiger partial charge is 0.0651 e. The van der Waals surface area contributed by atoms with Crippen LogP contribution in [0.2, 0.25) is 0 Å². The quantitative estimate of drug-likeness (QED) is 0.567. The van der Waals surface area contributed by atoms with Crippen molar-refractivity contribution in [3.05, 3.63) is 0 Å². The predicted molar refractivity (Wildman–Crippen MR) is 59.7 cm³/mol. The number of rotatable bonds is 6. The van der Waals surface area contributed by atoms with Gasteiger partial charge in [-0.1, -0.05) is 53.4 Å². The van der Waals surface area contributed by atoms with Gasteiger partial charge < -0.3 is 0 Å². The zero-order chi connectivity index (χ0) is 9.84. The molecule has 2 atom stereocenters. The zero-order valence-electron chi connectivity index (χ0n) is 9.84. The van der Waals surface area contributed by atoms with Crippen LogP contribution in [0, 0.1) is 23.7 Å². The van der Waals surface area contributed by atoms with Crippen molar-refractivity contribution in [1.82, 2.24) is 0 Å². The Labute approximate surface area is 84.1 Å². The Morgan fingerprint density at radius 3 is 2.15 bits per heavy atom. The van der Waals surface area contributed by atoms with Crippen LogP contribution < -0.4 is 0 Å². The van der Waals surface area contributed by atoms with E-state index in [1.54, 1.807) is 0 Å². The SMILES string of the molecule is CCC(CCC1CC1)C(C)C(C)C. The lowest BCUT2D eigenvalue weighted by molar-refractivity contribution is 0.247. The van der Waals surface area contributed by atoms with Gasteiger partial charge in [0, 0.05) is 0 Å². The lowest BCUT2D eigenvalue weighted by Crippen LogP contribution is -2.16. The molecule has 0 bridgehead atoms. The molecule has 1 aliphatic rings. The maximum Gasteiger partial charge on any atom is -0.0389 e. The lowest BCUT2D eigenvalue weighted by Gasteiger charge is -2.25. The second-order valence-electron chi connectivity index (χ2n) is 5.29. The molecule has 0 heteroatoms. The summed E-state index contributed by atoms with van der Waals surface area (Å²) in [6.07, 6.45) is 7.42. The lowest BCUT2D eigenvalue weighted by atomic mass is 9.80. The van der Waals surface area contributed by atoms with Crippen LogP contribution in [0.4, 0.5) is 0 Å². The Hall–Kier alpha value is 0. The molecule has 0 aromatic heterocycles. The minimum absolute atomic E-state index is 0.865. The smallest absolute Gasteiger partial charge is 0.0389 e. The fourth-order valence-corrected chi connectivity index (χ4v) is 2.24. The topological polar surface area (TPSA) is 0 Å². The van der Waals surface area contributed by atoms with Crippen LogP contribution in [0.15, 0.2) is 0 Å². The molecule has 78 valence electrons. The minimum Gasteiger partial charge on any atom is -0.0651 e. The van der Waals surface area contributed by atoms with Crippen molar-refractivity contribution in [3.8, 4) is 0 Å². The van der Waals surface area contributed by atoms with Crippen molar-refractivity contribution in [2.75, 3.05) is 0 Å². The van der Waals surface area contributed by atoms with Gasteiger partial charge in [0.25, 0.3) is 0 Å². The molecule has 0 aliphatic heterocycles. The molecular formula is C13H26. The molecule has 1 rings (SSSR count). The van der Waals surface area contributed by atoms with Gasteiger partial charge in [-0.25, -0.2) is 0 Å². The highest BCUT2D eigenvalue weighted by Gasteiger charge is 2.24. The molecular weight excluding hydrogens is 156 g/mol. The van der Waals surface area contributed by atoms with Crippen molar-refractivity contribution in [2.45, 2.75) is 59.8 Å². The minimum atomic E-state index is 0.865. The molecule has 0 saturated heterocycles. The van der Waals surface area contributed by atoms with Gasteiger partial charge in [-0.3, -0.25) is 0 Å². The molecule has 13 heavy (non-hydrogen) atoms. The van der Waals surface area contributed by atoms with Gasteiger partial charge in [-0.05, 0) is 30.1 Å². The van der Waals surface area contributed by atoms with E-state index in [-0.39, 0.29) is 0 Å². The van der Waals surface area contributed by atoms with Gasteiger partial charge in [-0.15, -0.1) is 0 Å². The van der Waals surface area contributed by atoms with E-state index in [4.69, 9.17) is 0 Å². The van der Waals surface area contributed by atoms with Crippen LogP contribution in [0.25, 0.3) is 0 Å². The summed E-state index contributed by atoms with van der Waals surface area (Å²) < 4.78 is 0. The summed E-state index contributed by atoms with van der Waals surface area (Å²) in [7, 11) is 0. The Morgan fingerprint density at radius 1 is 1.15 bits per heavy atom. The van der Waals surface area contributed by atoms with E-state index < -0.39 is 0 Å². The number of hydrogen-bond donors (Lipinski definition) is 0. The molecule has 1 aliphatic carbocycles. The third-order valence-electron chi connectivity index (χ3n) is 3.96. The van der Waals surface area contributed by atoms with Gasteiger partial charge in [0.15, 0.2) is 0 Å². The van der Waals surface area contributed by atoms with Crippen LogP contribution in [-0.4, -0.2) is 0 Å². The van der Waals surface area contributed by atoms with Gasteiger partial charge >= 0.3 is 0 Å². The van der Waals surface area contributed by atoms with Crippen molar-refractivity contribution in [2.24, 2.45) is 23.7 Å². The number of hydrogen-bond acceptors (Lipinski definition) is 0. The van der Waals surface area contributed by atoms with Crippen LogP contribution in [0.5, 0.6) is 0 Å². The van der Waals surface area contributed by atoms with Gasteiger partial charge in [0.1, 0.15) is 0 Å². The molecule has 0 radical (unpaired) electrons. The standard InChI is InChI=1S/C13H26/c1-5-13(11(4)10(2)3)9-8-12-6-7-12/h10-13H,5-9H2,1-4H3. The van der Waals surface area contributed by atoms with E-state index in [0.29, 0.717) is 0 Å². The average molecular weight is 182 g/mol. The molecule has 0 N–H and O–H groups in total. The molecule has 1 saturated carbocycles. The summed E-state index contributed by atoms with van der Waals surface area (Å²) in [5, 5.41) is 0. The molecule has 1 fully saturated rings. The first-order chi connectivity index (χ1) is 6.15. The first-order valence-corrected chi connectivity index (χ1v) is 6.15. The van der Waals surface area contributed by atoms with Crippen LogP contribution >= 0.6 is 0 Å². The molecule has 0 aromatic carbocycles. The maximum atomic E-state index is 2.44. The predicted octanol–water partition coefficient (Wildman–Crippen LogP) is 4.49. The second kappa shape index (κ2) is 5.02. The summed E-state index contributed by atoms with van der Waals surface area (Å²) in [5.41, 5.74) is 0. The molecule has 0 amide bonds. The summed E-state index contributed by atoms with van der Waals surface area (Å²) in [6, 6.07) is 0. The zero-order valence-corrected chi connectivity index (χ0v) is 9.84. The van der Waals surface area contributed by atoms with Crippen molar-refractivity contribution >= 4 is 0 Å². The Bertz CT molecular complexity index is 133. The Morgan fingerprint density at radius 2 is 1.77 bits per heavy atom. The maximum absolute atomic E-state index is 2.44. The highest BCUT2D eigenvalue weighted by Crippen LogP contribution is 2.37. The Kier molecular flexibility index (Phi) is 4.28. The molecule has 0 spiro atoms. The van der Waals surface area contributed by atoms with E-state index in [1.165, 1.54) is 32.1 Å². The van der Waals surface area contributed by atoms with Crippen LogP contribution in [0.3, 0.4) is 0 Å². The molecule has 0 nitrogen and oxygen atoms in total. The highest BCUT2D eigenvalue weighted by atomic mass is 14.3. The fourth-order valence-electron chi connectivity index (χ4n) is 2.24. The monoisotopic (exact) mass is 182 g/mol. The first kappa shape index (κ1) is 11.1. The fraction of sp³-hybridized carbons (Fsp3) is 1.00. The normalized spacial score (nSPS) is 21.9. The van der Waals surface area contributed by atoms with E-state index >= 15 is 0 Å². The third kappa shape index (κ3) is 3.70. The van der Waals surface area contributed by atoms with Crippen LogP contribution in [-0.2, 0) is 0 Å². The molecule has 0 heterocycles. The van der Waals surface area contributed by atoms with E-state index in [2.05, 4.69) is 27.7 Å². The van der Waals surface area contributed by atoms with Crippen molar-refractivity contribution < 1.29 is 0 Å². The van der Waals surface area contributed by atoms with E-state index in [0.717, 1.165) is 23.7 Å². The van der Waals surface area contributed by atoms with Gasteiger partial charge in [-0.2, -0.15) is 0 Å². The van der Waals surface area contributed by atoms with Gasteiger partial charge in [0.05, 0.1) is 0 Å². The molecule has 0 aromatic rings. The van der Waals surface area contributed by atoms with Crippen molar-refractivity contribution in [3.63, 3.8) is 0 Å². The van der Waals surface area contributed by atoms with Crippen molar-refractivity contribution in [1.29, 1.82) is 0 Å². The van der Waals surface area contributed by atoms with E-state index in [9.17, 15) is 0 Å².